The number of aromatic nitrogens is 3. The van der Waals surface area contributed by atoms with Crippen molar-refractivity contribution < 1.29 is 4.42 Å². The second-order valence-electron chi connectivity index (χ2n) is 4.49. The Morgan fingerprint density at radius 3 is 3.05 bits per heavy atom. The van der Waals surface area contributed by atoms with Crippen LogP contribution in [0.1, 0.15) is 11.3 Å². The molecule has 1 aromatic carbocycles. The number of nitrogens with one attached hydrogen (secondary N) is 2. The lowest BCUT2D eigenvalue weighted by Gasteiger charge is -2.04. The molecule has 0 bridgehead atoms. The molecule has 2 heterocycles. The fourth-order valence-corrected chi connectivity index (χ4v) is 2.08. The summed E-state index contributed by atoms with van der Waals surface area (Å²) in [7, 11) is 1.90. The molecule has 0 fully saturated rings. The molecule has 0 atom stereocenters. The Balaban J connectivity index is 1.81. The van der Waals surface area contributed by atoms with Crippen molar-refractivity contribution >= 4 is 16.8 Å². The Labute approximate surface area is 109 Å². The van der Waals surface area contributed by atoms with E-state index in [4.69, 9.17) is 4.42 Å². The predicted molar refractivity (Wildman–Crippen MR) is 72.1 cm³/mol. The summed E-state index contributed by atoms with van der Waals surface area (Å²) in [5.74, 6) is -0.435. The van der Waals surface area contributed by atoms with Gasteiger partial charge in [0.1, 0.15) is 0 Å². The number of hydrogen-bond donors (Lipinski definition) is 2. The van der Waals surface area contributed by atoms with E-state index in [-0.39, 0.29) is 0 Å². The maximum absolute atomic E-state index is 11.1. The van der Waals surface area contributed by atoms with Crippen LogP contribution >= 0.6 is 0 Å². The first-order valence-corrected chi connectivity index (χ1v) is 5.98. The third kappa shape index (κ3) is 2.24. The van der Waals surface area contributed by atoms with Crippen molar-refractivity contribution in [2.75, 3.05) is 5.32 Å². The average Bonchev–Trinajstić information content (AvgIpc) is 2.87. The van der Waals surface area contributed by atoms with Gasteiger partial charge in [0.15, 0.2) is 5.58 Å². The van der Waals surface area contributed by atoms with Gasteiger partial charge in [0.25, 0.3) is 0 Å². The van der Waals surface area contributed by atoms with Gasteiger partial charge in [-0.05, 0) is 25.1 Å². The number of nitrogens with zero attached hydrogens (tertiary/aromatic N) is 2. The molecule has 0 saturated carbocycles. The van der Waals surface area contributed by atoms with Gasteiger partial charge >= 0.3 is 5.76 Å². The smallest absolute Gasteiger partial charge is 0.408 e. The Kier molecular flexibility index (Phi) is 2.63. The molecule has 0 amide bonds. The number of oxazole rings is 1. The third-order valence-corrected chi connectivity index (χ3v) is 3.02. The number of aryl methyl sites for hydroxylation is 2. The average molecular weight is 258 g/mol. The summed E-state index contributed by atoms with van der Waals surface area (Å²) in [5, 5.41) is 7.59. The van der Waals surface area contributed by atoms with E-state index in [0.29, 0.717) is 17.6 Å². The van der Waals surface area contributed by atoms with Gasteiger partial charge in [-0.3, -0.25) is 9.67 Å². The van der Waals surface area contributed by atoms with Crippen LogP contribution in [-0.2, 0) is 13.6 Å². The van der Waals surface area contributed by atoms with E-state index in [1.807, 2.05) is 32.3 Å². The van der Waals surface area contributed by atoms with Crippen molar-refractivity contribution in [3.05, 3.63) is 46.2 Å². The van der Waals surface area contributed by atoms with Gasteiger partial charge in [-0.1, -0.05) is 0 Å². The van der Waals surface area contributed by atoms with Crippen molar-refractivity contribution in [3.8, 4) is 0 Å². The van der Waals surface area contributed by atoms with Crippen LogP contribution in [0.5, 0.6) is 0 Å². The lowest BCUT2D eigenvalue weighted by Crippen LogP contribution is -1.99. The van der Waals surface area contributed by atoms with Gasteiger partial charge < -0.3 is 9.73 Å². The Morgan fingerprint density at radius 2 is 2.32 bits per heavy atom. The molecule has 98 valence electrons. The zero-order valence-corrected chi connectivity index (χ0v) is 10.7. The van der Waals surface area contributed by atoms with Gasteiger partial charge in [0.05, 0.1) is 11.2 Å². The minimum atomic E-state index is -0.435. The van der Waals surface area contributed by atoms with Crippen molar-refractivity contribution in [1.82, 2.24) is 14.8 Å². The molecule has 0 spiro atoms. The van der Waals surface area contributed by atoms with E-state index < -0.39 is 5.76 Å². The third-order valence-electron chi connectivity index (χ3n) is 3.02. The molecule has 3 rings (SSSR count). The van der Waals surface area contributed by atoms with Crippen LogP contribution in [0.4, 0.5) is 5.69 Å². The van der Waals surface area contributed by atoms with Gasteiger partial charge in [-0.2, -0.15) is 5.10 Å². The molecular formula is C13H14N4O2. The monoisotopic (exact) mass is 258 g/mol. The van der Waals surface area contributed by atoms with Crippen molar-refractivity contribution in [2.45, 2.75) is 13.5 Å². The second-order valence-corrected chi connectivity index (χ2v) is 4.49. The largest absolute Gasteiger partial charge is 0.417 e. The Bertz CT molecular complexity index is 781. The van der Waals surface area contributed by atoms with Gasteiger partial charge in [-0.25, -0.2) is 4.79 Å². The molecule has 3 aromatic rings. The number of rotatable bonds is 3. The van der Waals surface area contributed by atoms with Crippen LogP contribution in [0.2, 0.25) is 0 Å². The van der Waals surface area contributed by atoms with E-state index in [1.165, 1.54) is 0 Å². The van der Waals surface area contributed by atoms with E-state index in [1.54, 1.807) is 10.7 Å². The topological polar surface area (TPSA) is 75.8 Å². The zero-order valence-electron chi connectivity index (χ0n) is 10.7. The second kappa shape index (κ2) is 4.31. The molecular weight excluding hydrogens is 244 g/mol. The molecule has 0 radical (unpaired) electrons. The maximum atomic E-state index is 11.1. The number of fused-ring (bicyclic) bond motifs is 1. The Hall–Kier alpha value is -2.50. The Morgan fingerprint density at radius 1 is 1.47 bits per heavy atom. The van der Waals surface area contributed by atoms with E-state index in [0.717, 1.165) is 16.9 Å². The molecule has 0 aliphatic rings. The van der Waals surface area contributed by atoms with Crippen LogP contribution in [0.3, 0.4) is 0 Å². The summed E-state index contributed by atoms with van der Waals surface area (Å²) in [6.45, 7) is 2.67. The molecule has 6 nitrogen and oxygen atoms in total. The number of anilines is 1. The highest BCUT2D eigenvalue weighted by molar-refractivity contribution is 5.76. The van der Waals surface area contributed by atoms with E-state index in [2.05, 4.69) is 15.4 Å². The molecule has 2 N–H and O–H groups in total. The summed E-state index contributed by atoms with van der Waals surface area (Å²) in [6, 6.07) is 5.50. The van der Waals surface area contributed by atoms with E-state index in [9.17, 15) is 4.79 Å². The van der Waals surface area contributed by atoms with Crippen LogP contribution in [-0.4, -0.2) is 14.8 Å². The zero-order chi connectivity index (χ0) is 13.4. The number of hydrogen-bond acceptors (Lipinski definition) is 4. The highest BCUT2D eigenvalue weighted by Crippen LogP contribution is 2.17. The summed E-state index contributed by atoms with van der Waals surface area (Å²) < 4.78 is 6.75. The normalized spacial score (nSPS) is 11.1. The molecule has 2 aromatic heterocycles. The standard InChI is InChI=1S/C13H14N4O2/c1-8-9(7-17(2)16-8)6-14-10-3-4-12-11(5-10)15-13(18)19-12/h3-5,7,14H,6H2,1-2H3,(H,15,18). The van der Waals surface area contributed by atoms with Crippen molar-refractivity contribution in [2.24, 2.45) is 7.05 Å². The first-order chi connectivity index (χ1) is 9.11. The summed E-state index contributed by atoms with van der Waals surface area (Å²) in [5.41, 5.74) is 4.33. The molecule has 0 unspecified atom stereocenters. The first kappa shape index (κ1) is 11.6. The maximum Gasteiger partial charge on any atom is 0.417 e. The number of aromatic amines is 1. The summed E-state index contributed by atoms with van der Waals surface area (Å²) in [4.78, 5) is 13.7. The van der Waals surface area contributed by atoms with Crippen LogP contribution < -0.4 is 11.1 Å². The molecule has 6 heteroatoms. The SMILES string of the molecule is Cc1nn(C)cc1CNc1ccc2oc(=O)[nH]c2c1. The molecule has 0 aliphatic carbocycles. The first-order valence-electron chi connectivity index (χ1n) is 5.98. The minimum absolute atomic E-state index is 0.435. The quantitative estimate of drug-likeness (QED) is 0.750. The van der Waals surface area contributed by atoms with Crippen molar-refractivity contribution in [1.29, 1.82) is 0 Å². The minimum Gasteiger partial charge on any atom is -0.408 e. The fourth-order valence-electron chi connectivity index (χ4n) is 2.08. The summed E-state index contributed by atoms with van der Waals surface area (Å²) >= 11 is 0. The van der Waals surface area contributed by atoms with Crippen LogP contribution in [0, 0.1) is 6.92 Å². The predicted octanol–water partition coefficient (Wildman–Crippen LogP) is 1.78. The van der Waals surface area contributed by atoms with E-state index >= 15 is 0 Å². The molecule has 0 saturated heterocycles. The lowest BCUT2D eigenvalue weighted by atomic mass is 10.2. The molecule has 0 aliphatic heterocycles. The van der Waals surface area contributed by atoms with Crippen LogP contribution in [0.25, 0.3) is 11.1 Å². The lowest BCUT2D eigenvalue weighted by molar-refractivity contribution is 0.555. The summed E-state index contributed by atoms with van der Waals surface area (Å²) in [6.07, 6.45) is 1.99. The number of H-pyrrole nitrogens is 1. The highest BCUT2D eigenvalue weighted by Gasteiger charge is 2.04. The fraction of sp³-hybridized carbons (Fsp3) is 0.231. The number of benzene rings is 1. The molecule has 19 heavy (non-hydrogen) atoms. The van der Waals surface area contributed by atoms with Crippen LogP contribution in [0.15, 0.2) is 33.6 Å². The van der Waals surface area contributed by atoms with Crippen molar-refractivity contribution in [3.63, 3.8) is 0 Å². The van der Waals surface area contributed by atoms with Gasteiger partial charge in [-0.15, -0.1) is 0 Å². The van der Waals surface area contributed by atoms with Gasteiger partial charge in [0.2, 0.25) is 0 Å². The highest BCUT2D eigenvalue weighted by atomic mass is 16.4. The van der Waals surface area contributed by atoms with Gasteiger partial charge in [0, 0.05) is 31.0 Å².